The Bertz CT molecular complexity index is 1380. The number of nitrogens with one attached hydrogen (secondary N) is 1. The number of benzene rings is 2. The number of sulfonamides is 1. The van der Waals surface area contributed by atoms with Crippen molar-refractivity contribution in [2.24, 2.45) is 0 Å². The summed E-state index contributed by atoms with van der Waals surface area (Å²) in [6.45, 7) is 14.0. The van der Waals surface area contributed by atoms with E-state index in [-0.39, 0.29) is 29.0 Å². The number of rotatable bonds is 8. The van der Waals surface area contributed by atoms with Gasteiger partial charge in [-0.05, 0) is 49.4 Å². The fourth-order valence-corrected chi connectivity index (χ4v) is 7.17. The van der Waals surface area contributed by atoms with Crippen molar-refractivity contribution in [3.8, 4) is 0 Å². The van der Waals surface area contributed by atoms with Gasteiger partial charge in [-0.2, -0.15) is 4.31 Å². The predicted octanol–water partition coefficient (Wildman–Crippen LogP) is 4.28. The van der Waals surface area contributed by atoms with E-state index in [4.69, 9.17) is 4.74 Å². The largest absolute Gasteiger partial charge is 0.463 e. The number of ether oxygens (including phenoxy) is 1. The molecule has 1 fully saturated rings. The minimum absolute atomic E-state index is 0.0366. The van der Waals surface area contributed by atoms with Gasteiger partial charge in [0, 0.05) is 44.5 Å². The Morgan fingerprint density at radius 3 is 2.24 bits per heavy atom. The highest BCUT2D eigenvalue weighted by molar-refractivity contribution is 7.89. The molecule has 9 nitrogen and oxygen atoms in total. The molecule has 1 saturated heterocycles. The molecule has 41 heavy (non-hydrogen) atoms. The summed E-state index contributed by atoms with van der Waals surface area (Å²) in [5.41, 5.74) is 2.91. The van der Waals surface area contributed by atoms with Gasteiger partial charge < -0.3 is 10.1 Å². The molecule has 2 unspecified atom stereocenters. The van der Waals surface area contributed by atoms with Crippen molar-refractivity contribution in [3.63, 3.8) is 0 Å². The molecule has 2 aliphatic heterocycles. The summed E-state index contributed by atoms with van der Waals surface area (Å²) in [7, 11) is -3.64. The van der Waals surface area contributed by atoms with Crippen LogP contribution in [0.15, 0.2) is 70.8 Å². The zero-order valence-corrected chi connectivity index (χ0v) is 25.7. The van der Waals surface area contributed by atoms with E-state index < -0.39 is 22.0 Å². The Morgan fingerprint density at radius 2 is 1.68 bits per heavy atom. The van der Waals surface area contributed by atoms with Crippen molar-refractivity contribution >= 4 is 22.0 Å². The number of esters is 1. The number of nitrogens with zero attached hydrogens (tertiary/aromatic N) is 3. The average molecular weight is 583 g/mol. The first kappa shape index (κ1) is 30.7. The number of urea groups is 1. The Kier molecular flexibility index (Phi) is 9.25. The summed E-state index contributed by atoms with van der Waals surface area (Å²) < 4.78 is 33.7. The molecule has 0 aromatic heterocycles. The van der Waals surface area contributed by atoms with Crippen LogP contribution >= 0.6 is 0 Å². The number of carbonyl (C=O) groups excluding carboxylic acids is 2. The van der Waals surface area contributed by atoms with Gasteiger partial charge in [-0.25, -0.2) is 18.0 Å². The Balaban J connectivity index is 1.67. The monoisotopic (exact) mass is 582 g/mol. The van der Waals surface area contributed by atoms with Crippen molar-refractivity contribution in [1.82, 2.24) is 19.4 Å². The zero-order valence-electron chi connectivity index (χ0n) is 24.9. The predicted molar refractivity (Wildman–Crippen MR) is 159 cm³/mol. The number of amides is 2. The molecule has 0 aliphatic carbocycles. The summed E-state index contributed by atoms with van der Waals surface area (Å²) >= 11 is 0. The fraction of sp³-hybridized carbons (Fsp3) is 0.484. The molecule has 2 atom stereocenters. The third kappa shape index (κ3) is 6.50. The minimum atomic E-state index is -3.64. The van der Waals surface area contributed by atoms with Gasteiger partial charge in [0.05, 0.1) is 23.1 Å². The van der Waals surface area contributed by atoms with Crippen LogP contribution in [0.5, 0.6) is 0 Å². The summed E-state index contributed by atoms with van der Waals surface area (Å²) in [5, 5.41) is 3.02. The lowest BCUT2D eigenvalue weighted by Crippen LogP contribution is -2.56. The molecule has 4 rings (SSSR count). The molecule has 0 bridgehead atoms. The second kappa shape index (κ2) is 12.3. The lowest BCUT2D eigenvalue weighted by molar-refractivity contribution is -0.139. The van der Waals surface area contributed by atoms with Gasteiger partial charge >= 0.3 is 12.0 Å². The van der Waals surface area contributed by atoms with Gasteiger partial charge in [-0.3, -0.25) is 9.80 Å². The summed E-state index contributed by atoms with van der Waals surface area (Å²) in [6, 6.07) is 15.2. The molecule has 2 aromatic carbocycles. The van der Waals surface area contributed by atoms with Crippen LogP contribution in [0.1, 0.15) is 58.7 Å². The lowest BCUT2D eigenvalue weighted by Gasteiger charge is -2.42. The third-order valence-electron chi connectivity index (χ3n) is 7.73. The first-order valence-corrected chi connectivity index (χ1v) is 15.7. The highest BCUT2D eigenvalue weighted by Gasteiger charge is 2.40. The second-order valence-electron chi connectivity index (χ2n) is 11.6. The maximum atomic E-state index is 13.5. The van der Waals surface area contributed by atoms with Crippen LogP contribution < -0.4 is 5.32 Å². The maximum absolute atomic E-state index is 13.5. The molecule has 0 spiro atoms. The smallest absolute Gasteiger partial charge is 0.338 e. The average Bonchev–Trinajstić information content (AvgIpc) is 2.93. The SMILES string of the molecule is CCOC(=O)C1=C(CN2CCN(S(=O)(=O)c3ccccc3)C(C)C2)N(CC)C(=O)NC1c1ccc(C(C)(C)C)cc1. The molecule has 10 heteroatoms. The van der Waals surface area contributed by atoms with Crippen molar-refractivity contribution in [2.45, 2.75) is 63.9 Å². The molecule has 2 amide bonds. The molecule has 2 aromatic rings. The first-order chi connectivity index (χ1) is 19.4. The van der Waals surface area contributed by atoms with Crippen LogP contribution in [0, 0.1) is 0 Å². The van der Waals surface area contributed by atoms with E-state index in [1.807, 2.05) is 38.1 Å². The van der Waals surface area contributed by atoms with Crippen LogP contribution in [-0.4, -0.2) is 79.9 Å². The second-order valence-corrected chi connectivity index (χ2v) is 13.5. The maximum Gasteiger partial charge on any atom is 0.338 e. The van der Waals surface area contributed by atoms with Gasteiger partial charge in [-0.1, -0.05) is 63.2 Å². The molecule has 0 saturated carbocycles. The summed E-state index contributed by atoms with van der Waals surface area (Å²) in [4.78, 5) is 30.8. The third-order valence-corrected chi connectivity index (χ3v) is 9.76. The lowest BCUT2D eigenvalue weighted by atomic mass is 9.85. The van der Waals surface area contributed by atoms with E-state index in [1.165, 1.54) is 4.31 Å². The molecular formula is C31H42N4O5S. The van der Waals surface area contributed by atoms with Gasteiger partial charge in [0.1, 0.15) is 0 Å². The molecule has 2 aliphatic rings. The topological polar surface area (TPSA) is 99.3 Å². The highest BCUT2D eigenvalue weighted by atomic mass is 32.2. The van der Waals surface area contributed by atoms with Crippen LogP contribution in [-0.2, 0) is 25.0 Å². The number of piperazine rings is 1. The number of hydrogen-bond acceptors (Lipinski definition) is 6. The van der Waals surface area contributed by atoms with Crippen LogP contribution in [0.2, 0.25) is 0 Å². The fourth-order valence-electron chi connectivity index (χ4n) is 5.54. The van der Waals surface area contributed by atoms with E-state index in [9.17, 15) is 18.0 Å². The van der Waals surface area contributed by atoms with Gasteiger partial charge in [0.25, 0.3) is 0 Å². The number of hydrogen-bond donors (Lipinski definition) is 1. The molecular weight excluding hydrogens is 540 g/mol. The Morgan fingerprint density at radius 1 is 1.02 bits per heavy atom. The van der Waals surface area contributed by atoms with Crippen molar-refractivity contribution < 1.29 is 22.7 Å². The zero-order chi connectivity index (χ0) is 29.9. The Hall–Kier alpha value is -3.21. The van der Waals surface area contributed by atoms with Crippen LogP contribution in [0.25, 0.3) is 0 Å². The standard InChI is InChI=1S/C31H42N4O5S/c1-7-34-26(21-33-18-19-35(22(3)20-33)41(38,39)25-12-10-9-11-13-25)27(29(36)40-8-2)28(32-30(34)37)23-14-16-24(17-15-23)31(4,5)6/h9-17,22,28H,7-8,18-21H2,1-6H3,(H,32,37). The van der Waals surface area contributed by atoms with E-state index in [1.54, 1.807) is 42.2 Å². The quantitative estimate of drug-likeness (QED) is 0.467. The van der Waals surface area contributed by atoms with E-state index >= 15 is 0 Å². The van der Waals surface area contributed by atoms with E-state index in [0.29, 0.717) is 44.0 Å². The summed E-state index contributed by atoms with van der Waals surface area (Å²) in [5.74, 6) is -0.468. The summed E-state index contributed by atoms with van der Waals surface area (Å²) in [6.07, 6.45) is 0. The molecule has 1 N–H and O–H groups in total. The van der Waals surface area contributed by atoms with Crippen molar-refractivity contribution in [2.75, 3.05) is 39.3 Å². The molecule has 222 valence electrons. The van der Waals surface area contributed by atoms with Crippen molar-refractivity contribution in [1.29, 1.82) is 0 Å². The number of likely N-dealkylation sites (N-methyl/N-ethyl adjacent to an activating group) is 1. The van der Waals surface area contributed by atoms with Gasteiger partial charge in [0.2, 0.25) is 10.0 Å². The highest BCUT2D eigenvalue weighted by Crippen LogP contribution is 2.34. The van der Waals surface area contributed by atoms with E-state index in [0.717, 1.165) is 11.1 Å². The van der Waals surface area contributed by atoms with Crippen LogP contribution in [0.3, 0.4) is 0 Å². The van der Waals surface area contributed by atoms with Gasteiger partial charge in [0.15, 0.2) is 0 Å². The normalized spacial score (nSPS) is 21.1. The minimum Gasteiger partial charge on any atom is -0.463 e. The van der Waals surface area contributed by atoms with Crippen LogP contribution in [0.4, 0.5) is 4.79 Å². The van der Waals surface area contributed by atoms with Crippen molar-refractivity contribution in [3.05, 3.63) is 77.0 Å². The Labute approximate surface area is 244 Å². The molecule has 0 radical (unpaired) electrons. The van der Waals surface area contributed by atoms with Gasteiger partial charge in [-0.15, -0.1) is 0 Å². The van der Waals surface area contributed by atoms with E-state index in [2.05, 4.69) is 31.0 Å². The molecule has 2 heterocycles. The first-order valence-electron chi connectivity index (χ1n) is 14.3. The number of carbonyl (C=O) groups is 2.